The Morgan fingerprint density at radius 3 is 2.80 bits per heavy atom. The maximum Gasteiger partial charge on any atom is 0.222 e. The maximum absolute atomic E-state index is 12.9. The minimum atomic E-state index is -0.195. The molecule has 8 nitrogen and oxygen atoms in total. The topological polar surface area (TPSA) is 83.7 Å². The number of rotatable bonds is 6. The highest BCUT2D eigenvalue weighted by Gasteiger charge is 2.28. The second-order valence-electron chi connectivity index (χ2n) is 9.35. The van der Waals surface area contributed by atoms with Crippen LogP contribution in [-0.2, 0) is 22.7 Å². The Morgan fingerprint density at radius 1 is 1.30 bits per heavy atom. The van der Waals surface area contributed by atoms with Gasteiger partial charge in [0.25, 0.3) is 0 Å². The molecule has 0 saturated heterocycles. The molecular weight excluding hydrogens is 382 g/mol. The van der Waals surface area contributed by atoms with Crippen LogP contribution >= 0.6 is 0 Å². The van der Waals surface area contributed by atoms with Gasteiger partial charge in [0.2, 0.25) is 5.91 Å². The summed E-state index contributed by atoms with van der Waals surface area (Å²) >= 11 is 0. The normalized spacial score (nSPS) is 25.8. The molecule has 0 spiro atoms. The minimum absolute atomic E-state index is 0.0245. The Morgan fingerprint density at radius 2 is 2.07 bits per heavy atom. The lowest BCUT2D eigenvalue weighted by Crippen LogP contribution is -2.47. The zero-order chi connectivity index (χ0) is 21.5. The molecule has 0 unspecified atom stereocenters. The summed E-state index contributed by atoms with van der Waals surface area (Å²) in [7, 11) is 2.17. The van der Waals surface area contributed by atoms with E-state index in [1.165, 1.54) is 25.7 Å². The third kappa shape index (κ3) is 6.49. The van der Waals surface area contributed by atoms with Gasteiger partial charge in [0, 0.05) is 38.5 Å². The Kier molecular flexibility index (Phi) is 8.65. The summed E-state index contributed by atoms with van der Waals surface area (Å²) in [6.07, 6.45) is 8.39. The highest BCUT2D eigenvalue weighted by molar-refractivity contribution is 5.76. The Labute approximate surface area is 180 Å². The van der Waals surface area contributed by atoms with E-state index in [2.05, 4.69) is 29.2 Å². The average Bonchev–Trinajstić information content (AvgIpc) is 3.40. The van der Waals surface area contributed by atoms with E-state index in [9.17, 15) is 9.90 Å². The van der Waals surface area contributed by atoms with Gasteiger partial charge in [-0.25, -0.2) is 0 Å². The molecule has 30 heavy (non-hydrogen) atoms. The number of hydrogen-bond acceptors (Lipinski definition) is 6. The molecule has 1 aromatic rings. The quantitative estimate of drug-likeness (QED) is 0.756. The first-order chi connectivity index (χ1) is 14.5. The van der Waals surface area contributed by atoms with E-state index in [0.29, 0.717) is 32.5 Å². The van der Waals surface area contributed by atoms with Gasteiger partial charge in [0.15, 0.2) is 0 Å². The third-order valence-corrected chi connectivity index (χ3v) is 6.58. The Bertz CT molecular complexity index is 661. The number of fused-ring (bicyclic) bond motifs is 2. The molecule has 170 valence electrons. The molecule has 1 aliphatic carbocycles. The second kappa shape index (κ2) is 11.2. The summed E-state index contributed by atoms with van der Waals surface area (Å²) < 4.78 is 8.13. The second-order valence-corrected chi connectivity index (χ2v) is 9.35. The zero-order valence-electron chi connectivity index (χ0n) is 18.9. The third-order valence-electron chi connectivity index (χ3n) is 6.58. The molecule has 1 amide bonds. The molecule has 8 heteroatoms. The zero-order valence-corrected chi connectivity index (χ0v) is 18.9. The first-order valence-electron chi connectivity index (χ1n) is 11.6. The molecule has 2 bridgehead atoms. The number of aliphatic hydroxyl groups excluding tert-OH is 1. The van der Waals surface area contributed by atoms with Crippen LogP contribution < -0.4 is 0 Å². The molecule has 1 saturated carbocycles. The summed E-state index contributed by atoms with van der Waals surface area (Å²) in [6.45, 7) is 7.62. The van der Waals surface area contributed by atoms with Gasteiger partial charge in [-0.15, -0.1) is 5.10 Å². The van der Waals surface area contributed by atoms with Crippen LogP contribution in [0, 0.1) is 11.8 Å². The molecular formula is C22H39N5O3. The molecule has 2 heterocycles. The molecule has 2 aliphatic rings. The molecule has 1 aromatic heterocycles. The van der Waals surface area contributed by atoms with Crippen molar-refractivity contribution in [3.63, 3.8) is 0 Å². The van der Waals surface area contributed by atoms with Crippen molar-refractivity contribution in [2.75, 3.05) is 33.3 Å². The lowest BCUT2D eigenvalue weighted by atomic mass is 10.0. The fourth-order valence-electron chi connectivity index (χ4n) is 4.71. The molecule has 1 fully saturated rings. The largest absolute Gasteiger partial charge is 0.394 e. The summed E-state index contributed by atoms with van der Waals surface area (Å²) in [5, 5.41) is 18.1. The van der Waals surface area contributed by atoms with Gasteiger partial charge in [-0.1, -0.05) is 25.0 Å². The van der Waals surface area contributed by atoms with Crippen LogP contribution in [0.5, 0.6) is 0 Å². The minimum Gasteiger partial charge on any atom is -0.394 e. The number of aromatic nitrogens is 3. The fraction of sp³-hybridized carbons (Fsp3) is 0.864. The lowest BCUT2D eigenvalue weighted by Gasteiger charge is -2.35. The van der Waals surface area contributed by atoms with Crippen molar-refractivity contribution in [2.24, 2.45) is 11.8 Å². The molecule has 3 rings (SSSR count). The van der Waals surface area contributed by atoms with Crippen molar-refractivity contribution in [3.8, 4) is 0 Å². The van der Waals surface area contributed by atoms with Crippen LogP contribution in [0.2, 0.25) is 0 Å². The van der Waals surface area contributed by atoms with E-state index >= 15 is 0 Å². The predicted octanol–water partition coefficient (Wildman–Crippen LogP) is 1.92. The van der Waals surface area contributed by atoms with E-state index in [1.54, 1.807) is 4.68 Å². The first-order valence-corrected chi connectivity index (χ1v) is 11.6. The summed E-state index contributed by atoms with van der Waals surface area (Å²) in [4.78, 5) is 17.1. The first kappa shape index (κ1) is 23.2. The van der Waals surface area contributed by atoms with Crippen LogP contribution in [0.15, 0.2) is 6.20 Å². The van der Waals surface area contributed by atoms with E-state index in [1.807, 2.05) is 18.0 Å². The highest BCUT2D eigenvalue weighted by atomic mass is 16.5. The van der Waals surface area contributed by atoms with Crippen molar-refractivity contribution in [1.29, 1.82) is 0 Å². The summed E-state index contributed by atoms with van der Waals surface area (Å²) in [6, 6.07) is -0.195. The van der Waals surface area contributed by atoms with E-state index in [-0.39, 0.29) is 30.6 Å². The predicted molar refractivity (Wildman–Crippen MR) is 115 cm³/mol. The number of likely N-dealkylation sites (N-methyl/N-ethyl adjacent to an activating group) is 1. The lowest BCUT2D eigenvalue weighted by molar-refractivity contribution is -0.136. The molecule has 1 aliphatic heterocycles. The van der Waals surface area contributed by atoms with Gasteiger partial charge in [-0.05, 0) is 39.2 Å². The number of carbonyl (C=O) groups is 1. The Hall–Kier alpha value is -1.51. The SMILES string of the molecule is C[C@H](CO)N1C[C@H](C)[C@H](CN(C)CC2CCCC2)OCc2cn(nn2)CCCC1=O. The summed E-state index contributed by atoms with van der Waals surface area (Å²) in [5.41, 5.74) is 0.830. The highest BCUT2D eigenvalue weighted by Crippen LogP contribution is 2.26. The monoisotopic (exact) mass is 421 g/mol. The molecule has 0 aromatic carbocycles. The van der Waals surface area contributed by atoms with E-state index in [0.717, 1.165) is 24.7 Å². The van der Waals surface area contributed by atoms with Crippen LogP contribution in [0.1, 0.15) is 58.1 Å². The van der Waals surface area contributed by atoms with E-state index < -0.39 is 0 Å². The molecule has 1 N–H and O–H groups in total. The number of amides is 1. The Balaban J connectivity index is 1.72. The van der Waals surface area contributed by atoms with Crippen molar-refractivity contribution < 1.29 is 14.6 Å². The van der Waals surface area contributed by atoms with Crippen LogP contribution in [-0.4, -0.2) is 81.2 Å². The van der Waals surface area contributed by atoms with Crippen LogP contribution in [0.4, 0.5) is 0 Å². The van der Waals surface area contributed by atoms with Crippen molar-refractivity contribution in [1.82, 2.24) is 24.8 Å². The van der Waals surface area contributed by atoms with Gasteiger partial charge in [-0.2, -0.15) is 0 Å². The molecule has 0 radical (unpaired) electrons. The van der Waals surface area contributed by atoms with Crippen LogP contribution in [0.25, 0.3) is 0 Å². The maximum atomic E-state index is 12.9. The van der Waals surface area contributed by atoms with Crippen LogP contribution in [0.3, 0.4) is 0 Å². The van der Waals surface area contributed by atoms with Gasteiger partial charge in [-0.3, -0.25) is 9.48 Å². The van der Waals surface area contributed by atoms with Crippen molar-refractivity contribution >= 4 is 5.91 Å². The van der Waals surface area contributed by atoms with E-state index in [4.69, 9.17) is 4.74 Å². The smallest absolute Gasteiger partial charge is 0.222 e. The fourth-order valence-corrected chi connectivity index (χ4v) is 4.71. The van der Waals surface area contributed by atoms with Gasteiger partial charge in [0.05, 0.1) is 31.6 Å². The molecule has 3 atom stereocenters. The van der Waals surface area contributed by atoms with Gasteiger partial charge in [0.1, 0.15) is 5.69 Å². The number of aliphatic hydroxyl groups is 1. The van der Waals surface area contributed by atoms with Crippen molar-refractivity contribution in [2.45, 2.75) is 77.7 Å². The van der Waals surface area contributed by atoms with Gasteiger partial charge >= 0.3 is 0 Å². The van der Waals surface area contributed by atoms with Gasteiger partial charge < -0.3 is 19.6 Å². The number of ether oxygens (including phenoxy) is 1. The number of aryl methyl sites for hydroxylation is 1. The standard InChI is InChI=1S/C22H39N5O3/c1-17-11-27(18(2)15-28)22(29)9-6-10-26-13-20(23-24-26)16-30-21(17)14-25(3)12-19-7-4-5-8-19/h13,17-19,21,28H,4-12,14-16H2,1-3H3/t17-,18+,21-/m0/s1. The summed E-state index contributed by atoms with van der Waals surface area (Å²) in [5.74, 6) is 1.01. The van der Waals surface area contributed by atoms with Crippen molar-refractivity contribution in [3.05, 3.63) is 11.9 Å². The number of hydrogen-bond donors (Lipinski definition) is 1. The average molecular weight is 422 g/mol. The number of carbonyl (C=O) groups excluding carboxylic acids is 1. The number of nitrogens with zero attached hydrogens (tertiary/aromatic N) is 5.